The van der Waals surface area contributed by atoms with Crippen LogP contribution in [0, 0.1) is 0 Å². The quantitative estimate of drug-likeness (QED) is 0.696. The molecule has 0 spiro atoms. The van der Waals surface area contributed by atoms with Crippen molar-refractivity contribution in [3.63, 3.8) is 0 Å². The van der Waals surface area contributed by atoms with Crippen LogP contribution in [0.5, 0.6) is 0 Å². The molecule has 0 saturated heterocycles. The van der Waals surface area contributed by atoms with Crippen molar-refractivity contribution in [2.45, 2.75) is 6.42 Å². The van der Waals surface area contributed by atoms with Gasteiger partial charge in [-0.25, -0.2) is 9.97 Å². The Hall–Kier alpha value is -1.68. The van der Waals surface area contributed by atoms with Gasteiger partial charge in [-0.15, -0.1) is 0 Å². The molecule has 80 valence electrons. The summed E-state index contributed by atoms with van der Waals surface area (Å²) < 4.78 is 1.59. The van der Waals surface area contributed by atoms with Gasteiger partial charge in [0.05, 0.1) is 23.6 Å². The van der Waals surface area contributed by atoms with Crippen molar-refractivity contribution >= 4 is 23.1 Å². The number of rotatable bonds is 1. The van der Waals surface area contributed by atoms with Crippen LogP contribution >= 0.6 is 11.8 Å². The normalized spacial score (nSPS) is 18.8. The first kappa shape index (κ1) is 9.54. The predicted octanol–water partition coefficient (Wildman–Crippen LogP) is 2.02. The summed E-state index contributed by atoms with van der Waals surface area (Å²) in [5.41, 5.74) is 3.97. The van der Waals surface area contributed by atoms with E-state index in [0.29, 0.717) is 6.54 Å². The third kappa shape index (κ3) is 1.42. The molecule has 1 aromatic rings. The number of allylic oxidation sites excluding steroid dienone is 2. The molecule has 16 heavy (non-hydrogen) atoms. The first-order valence-electron chi connectivity index (χ1n) is 5.01. The lowest BCUT2D eigenvalue weighted by Crippen LogP contribution is -2.17. The first-order valence-corrected chi connectivity index (χ1v) is 5.35. The Labute approximate surface area is 98.1 Å². The number of aromatic nitrogens is 2. The molecule has 0 radical (unpaired) electrons. The van der Waals surface area contributed by atoms with Crippen LogP contribution in [0.3, 0.4) is 0 Å². The van der Waals surface area contributed by atoms with Crippen LogP contribution in [0.25, 0.3) is 5.57 Å². The van der Waals surface area contributed by atoms with Crippen LogP contribution in [-0.2, 0) is 0 Å². The molecule has 0 amide bonds. The zero-order valence-corrected chi connectivity index (χ0v) is 9.22. The summed E-state index contributed by atoms with van der Waals surface area (Å²) in [4.78, 5) is 12.6. The molecule has 0 atom stereocenters. The van der Waals surface area contributed by atoms with Gasteiger partial charge in [-0.1, -0.05) is 6.08 Å². The van der Waals surface area contributed by atoms with Gasteiger partial charge >= 0.3 is 0 Å². The maximum Gasteiger partial charge on any atom is 0.116 e. The molecule has 1 aromatic heterocycles. The molecular formula is C11H9ClN4. The molecule has 0 unspecified atom stereocenters. The summed E-state index contributed by atoms with van der Waals surface area (Å²) in [5.74, 6) is 0. The Kier molecular flexibility index (Phi) is 2.22. The highest BCUT2D eigenvalue weighted by atomic mass is 35.5. The van der Waals surface area contributed by atoms with Gasteiger partial charge in [0, 0.05) is 36.2 Å². The molecule has 2 aliphatic heterocycles. The lowest BCUT2D eigenvalue weighted by atomic mass is 10.1. The summed E-state index contributed by atoms with van der Waals surface area (Å²) in [7, 11) is 0. The molecule has 0 N–H and O–H groups in total. The Bertz CT molecular complexity index is 504. The molecule has 2 aliphatic rings. The van der Waals surface area contributed by atoms with E-state index < -0.39 is 0 Å². The largest absolute Gasteiger partial charge is 0.282 e. The van der Waals surface area contributed by atoms with E-state index in [2.05, 4.69) is 15.0 Å². The summed E-state index contributed by atoms with van der Waals surface area (Å²) in [6.07, 6.45) is 7.96. The van der Waals surface area contributed by atoms with Crippen LogP contribution in [0.15, 0.2) is 41.6 Å². The third-order valence-electron chi connectivity index (χ3n) is 2.64. The van der Waals surface area contributed by atoms with Gasteiger partial charge in [-0.2, -0.15) is 0 Å². The number of halogens is 1. The van der Waals surface area contributed by atoms with Crippen LogP contribution < -0.4 is 0 Å². The van der Waals surface area contributed by atoms with Gasteiger partial charge in [-0.05, 0) is 6.07 Å². The molecule has 3 rings (SSSR count). The molecule has 4 nitrogen and oxygen atoms in total. The molecule has 0 aliphatic carbocycles. The molecule has 5 heteroatoms. The Balaban J connectivity index is 2.10. The lowest BCUT2D eigenvalue weighted by Gasteiger charge is -2.19. The average Bonchev–Trinajstić information content (AvgIpc) is 2.75. The Morgan fingerprint density at radius 3 is 3.12 bits per heavy atom. The Morgan fingerprint density at radius 1 is 1.38 bits per heavy atom. The van der Waals surface area contributed by atoms with Crippen LogP contribution in [0.1, 0.15) is 12.1 Å². The minimum atomic E-state index is 0.645. The minimum Gasteiger partial charge on any atom is -0.282 e. The SMILES string of the molecule is ClN1C=CCC2=NCC(c3ccncn3)=C21. The fraction of sp³-hybridized carbons (Fsp3) is 0.182. The second-order valence-corrected chi connectivity index (χ2v) is 3.95. The predicted molar refractivity (Wildman–Crippen MR) is 62.7 cm³/mol. The maximum absolute atomic E-state index is 6.13. The number of hydrogen-bond acceptors (Lipinski definition) is 4. The number of nitrogens with zero attached hydrogens (tertiary/aromatic N) is 4. The summed E-state index contributed by atoms with van der Waals surface area (Å²) in [6.45, 7) is 0.645. The molecule has 0 aromatic carbocycles. The van der Waals surface area contributed by atoms with Crippen LogP contribution in [-0.4, -0.2) is 26.6 Å². The van der Waals surface area contributed by atoms with Gasteiger partial charge in [0.2, 0.25) is 0 Å². The molecular weight excluding hydrogens is 224 g/mol. The second kappa shape index (κ2) is 3.72. The van der Waals surface area contributed by atoms with E-state index in [-0.39, 0.29) is 0 Å². The van der Waals surface area contributed by atoms with E-state index >= 15 is 0 Å². The molecule has 3 heterocycles. The van der Waals surface area contributed by atoms with E-state index in [1.54, 1.807) is 10.6 Å². The maximum atomic E-state index is 6.13. The molecule has 0 fully saturated rings. The van der Waals surface area contributed by atoms with Crippen molar-refractivity contribution in [3.8, 4) is 0 Å². The van der Waals surface area contributed by atoms with Crippen molar-refractivity contribution in [3.05, 3.63) is 42.3 Å². The van der Waals surface area contributed by atoms with E-state index in [4.69, 9.17) is 11.8 Å². The second-order valence-electron chi connectivity index (χ2n) is 3.58. The average molecular weight is 233 g/mol. The van der Waals surface area contributed by atoms with Crippen molar-refractivity contribution in [1.82, 2.24) is 14.4 Å². The zero-order chi connectivity index (χ0) is 11.0. The fourth-order valence-corrected chi connectivity index (χ4v) is 2.19. The number of aliphatic imine (C=N–C) groups is 1. The first-order chi connectivity index (χ1) is 7.86. The van der Waals surface area contributed by atoms with E-state index in [0.717, 1.165) is 29.1 Å². The van der Waals surface area contributed by atoms with E-state index in [9.17, 15) is 0 Å². The molecule has 0 bridgehead atoms. The summed E-state index contributed by atoms with van der Waals surface area (Å²) >= 11 is 6.13. The molecule has 0 saturated carbocycles. The summed E-state index contributed by atoms with van der Waals surface area (Å²) in [6, 6.07) is 1.88. The van der Waals surface area contributed by atoms with Gasteiger partial charge in [0.15, 0.2) is 0 Å². The van der Waals surface area contributed by atoms with E-state index in [1.807, 2.05) is 18.3 Å². The van der Waals surface area contributed by atoms with Crippen molar-refractivity contribution < 1.29 is 0 Å². The smallest absolute Gasteiger partial charge is 0.116 e. The Morgan fingerprint density at radius 2 is 2.31 bits per heavy atom. The minimum absolute atomic E-state index is 0.645. The fourth-order valence-electron chi connectivity index (χ4n) is 1.91. The van der Waals surface area contributed by atoms with Gasteiger partial charge in [0.1, 0.15) is 6.33 Å². The van der Waals surface area contributed by atoms with E-state index in [1.165, 1.54) is 6.33 Å². The zero-order valence-electron chi connectivity index (χ0n) is 8.47. The van der Waals surface area contributed by atoms with Gasteiger partial charge in [-0.3, -0.25) is 9.41 Å². The van der Waals surface area contributed by atoms with Crippen molar-refractivity contribution in [1.29, 1.82) is 0 Å². The topological polar surface area (TPSA) is 41.4 Å². The van der Waals surface area contributed by atoms with Crippen LogP contribution in [0.4, 0.5) is 0 Å². The monoisotopic (exact) mass is 232 g/mol. The van der Waals surface area contributed by atoms with Crippen molar-refractivity contribution in [2.75, 3.05) is 6.54 Å². The van der Waals surface area contributed by atoms with Crippen molar-refractivity contribution in [2.24, 2.45) is 4.99 Å². The lowest BCUT2D eigenvalue weighted by molar-refractivity contribution is 0.776. The third-order valence-corrected chi connectivity index (χ3v) is 2.92. The van der Waals surface area contributed by atoms with Crippen LogP contribution in [0.2, 0.25) is 0 Å². The highest BCUT2D eigenvalue weighted by Gasteiger charge is 2.26. The summed E-state index contributed by atoms with van der Waals surface area (Å²) in [5, 5.41) is 0. The number of fused-ring (bicyclic) bond motifs is 1. The standard InChI is InChI=1S/C11H9ClN4/c12-16-5-1-2-10-11(16)8(6-14-10)9-3-4-13-7-15-9/h1,3-5,7H,2,6H2. The van der Waals surface area contributed by atoms with Gasteiger partial charge in [0.25, 0.3) is 0 Å². The van der Waals surface area contributed by atoms with Gasteiger partial charge < -0.3 is 0 Å². The highest BCUT2D eigenvalue weighted by Crippen LogP contribution is 2.31. The highest BCUT2D eigenvalue weighted by molar-refractivity contribution is 6.22. The number of hydrogen-bond donors (Lipinski definition) is 0.